The summed E-state index contributed by atoms with van der Waals surface area (Å²) in [7, 11) is 3.47. The third kappa shape index (κ3) is 8.99. The highest BCUT2D eigenvalue weighted by Crippen LogP contribution is 2.27. The molecule has 1 unspecified atom stereocenters. The molecule has 2 fully saturated rings. The molecule has 2 aliphatic heterocycles. The summed E-state index contributed by atoms with van der Waals surface area (Å²) in [6.45, 7) is 17.6. The second-order valence-corrected chi connectivity index (χ2v) is 14.6. The fourth-order valence-corrected chi connectivity index (χ4v) is 6.63. The van der Waals surface area contributed by atoms with Crippen molar-refractivity contribution in [1.82, 2.24) is 24.9 Å². The quantitative estimate of drug-likeness (QED) is 0.364. The van der Waals surface area contributed by atoms with Crippen LogP contribution in [0.1, 0.15) is 93.3 Å². The van der Waals surface area contributed by atoms with Crippen molar-refractivity contribution in [2.75, 3.05) is 27.2 Å². The Bertz CT molecular complexity index is 1200. The van der Waals surface area contributed by atoms with Gasteiger partial charge in [0.1, 0.15) is 17.8 Å². The molecular weight excluding hydrogens is 570 g/mol. The first-order chi connectivity index (χ1) is 21.0. The minimum absolute atomic E-state index is 0.00299. The van der Waals surface area contributed by atoms with E-state index in [0.29, 0.717) is 30.8 Å². The van der Waals surface area contributed by atoms with Crippen LogP contribution in [0.15, 0.2) is 34.5 Å². The zero-order chi connectivity index (χ0) is 33.6. The van der Waals surface area contributed by atoms with Crippen LogP contribution in [0.5, 0.6) is 0 Å². The molecule has 45 heavy (non-hydrogen) atoms. The van der Waals surface area contributed by atoms with E-state index in [1.165, 1.54) is 0 Å². The molecule has 0 aromatic carbocycles. The molecule has 0 radical (unpaired) electrons. The van der Waals surface area contributed by atoms with E-state index in [9.17, 15) is 19.2 Å². The molecule has 4 amide bonds. The average Bonchev–Trinajstić information content (AvgIpc) is 3.68. The number of likely N-dealkylation sites (tertiary alicyclic amines) is 2. The molecule has 3 heterocycles. The molecule has 0 aliphatic carbocycles. The van der Waals surface area contributed by atoms with Gasteiger partial charge in [0.05, 0.1) is 24.9 Å². The van der Waals surface area contributed by atoms with Crippen LogP contribution in [0.4, 0.5) is 0 Å². The smallest absolute Gasteiger partial charge is 0.249 e. The van der Waals surface area contributed by atoms with Crippen LogP contribution in [0.25, 0.3) is 0 Å². The van der Waals surface area contributed by atoms with Crippen molar-refractivity contribution in [3.63, 3.8) is 0 Å². The van der Waals surface area contributed by atoms with E-state index in [2.05, 4.69) is 24.1 Å². The van der Waals surface area contributed by atoms with E-state index in [1.54, 1.807) is 48.0 Å². The van der Waals surface area contributed by atoms with Crippen LogP contribution in [-0.4, -0.2) is 101 Å². The van der Waals surface area contributed by atoms with Gasteiger partial charge in [-0.15, -0.1) is 0 Å². The van der Waals surface area contributed by atoms with Gasteiger partial charge in [-0.25, -0.2) is 0 Å². The molecule has 10 heteroatoms. The predicted octanol–water partition coefficient (Wildman–Crippen LogP) is 4.45. The highest BCUT2D eigenvalue weighted by atomic mass is 16.3. The van der Waals surface area contributed by atoms with Gasteiger partial charge in [0.15, 0.2) is 0 Å². The Labute approximate surface area is 270 Å². The van der Waals surface area contributed by atoms with E-state index >= 15 is 0 Å². The zero-order valence-corrected chi connectivity index (χ0v) is 29.3. The van der Waals surface area contributed by atoms with Crippen LogP contribution in [-0.2, 0) is 25.7 Å². The normalized spacial score (nSPS) is 21.2. The SMILES string of the molecule is CC(=C[C@H](C(C)C)N(C)C(=O)[C@@H](NC(=O)C1CCCCN1C(C)C)C(C)(C)C)C(=O)N1CCC[C@H]1C(=O)N(C)Cc1ccco1. The number of likely N-dealkylation sites (N-methyl/N-ethyl adjacent to an activating group) is 2. The van der Waals surface area contributed by atoms with E-state index in [-0.39, 0.29) is 47.7 Å². The molecule has 252 valence electrons. The number of nitrogens with one attached hydrogen (secondary N) is 1. The van der Waals surface area contributed by atoms with Crippen molar-refractivity contribution in [3.8, 4) is 0 Å². The van der Waals surface area contributed by atoms with E-state index in [1.807, 2.05) is 46.8 Å². The molecule has 2 aliphatic rings. The minimum Gasteiger partial charge on any atom is -0.467 e. The molecule has 0 bridgehead atoms. The van der Waals surface area contributed by atoms with Crippen molar-refractivity contribution >= 4 is 23.6 Å². The van der Waals surface area contributed by atoms with Crippen LogP contribution in [0.3, 0.4) is 0 Å². The van der Waals surface area contributed by atoms with Crippen LogP contribution in [0, 0.1) is 11.3 Å². The van der Waals surface area contributed by atoms with E-state index in [0.717, 1.165) is 32.2 Å². The second-order valence-electron chi connectivity index (χ2n) is 14.6. The number of amides is 4. The summed E-state index contributed by atoms with van der Waals surface area (Å²) < 4.78 is 5.40. The highest BCUT2D eigenvalue weighted by Gasteiger charge is 2.41. The van der Waals surface area contributed by atoms with E-state index in [4.69, 9.17) is 4.42 Å². The maximum Gasteiger partial charge on any atom is 0.249 e. The van der Waals surface area contributed by atoms with Crippen molar-refractivity contribution in [2.24, 2.45) is 11.3 Å². The lowest BCUT2D eigenvalue weighted by molar-refractivity contribution is -0.142. The number of nitrogens with zero attached hydrogens (tertiary/aromatic N) is 4. The number of rotatable bonds is 11. The first-order valence-electron chi connectivity index (χ1n) is 16.6. The first-order valence-corrected chi connectivity index (χ1v) is 16.6. The Hall–Kier alpha value is -3.14. The number of piperidine rings is 1. The molecule has 4 atom stereocenters. The van der Waals surface area contributed by atoms with Gasteiger partial charge in [0.2, 0.25) is 23.6 Å². The molecule has 0 spiro atoms. The standard InChI is InChI=1S/C35H57N5O5/c1-23(2)29(21-25(5)32(42)40-19-13-17-28(40)33(43)37(9)22-26-15-14-20-45-26)38(10)34(44)30(35(6,7)8)36-31(41)27-16-11-12-18-39(27)24(3)4/h14-15,20-21,23-24,27-30H,11-13,16-19,22H2,1-10H3,(H,36,41)/t27?,28-,29+,30+/m0/s1. The van der Waals surface area contributed by atoms with Crippen LogP contribution < -0.4 is 5.32 Å². The average molecular weight is 628 g/mol. The fraction of sp³-hybridized carbons (Fsp3) is 0.714. The Balaban J connectivity index is 1.77. The predicted molar refractivity (Wildman–Crippen MR) is 176 cm³/mol. The summed E-state index contributed by atoms with van der Waals surface area (Å²) >= 11 is 0. The molecule has 2 saturated heterocycles. The summed E-state index contributed by atoms with van der Waals surface area (Å²) in [6.07, 6.45) is 7.62. The number of carbonyl (C=O) groups excluding carboxylic acids is 4. The van der Waals surface area contributed by atoms with Crippen LogP contribution in [0.2, 0.25) is 0 Å². The summed E-state index contributed by atoms with van der Waals surface area (Å²) in [5.41, 5.74) is -0.0351. The van der Waals surface area contributed by atoms with Gasteiger partial charge in [-0.2, -0.15) is 0 Å². The Morgan fingerprint density at radius 2 is 1.69 bits per heavy atom. The minimum atomic E-state index is -0.734. The molecule has 1 aromatic heterocycles. The molecule has 3 rings (SSSR count). The summed E-state index contributed by atoms with van der Waals surface area (Å²) in [4.78, 5) is 62.0. The third-order valence-electron chi connectivity index (χ3n) is 9.29. The lowest BCUT2D eigenvalue weighted by Gasteiger charge is -2.41. The molecular formula is C35H57N5O5. The number of furan rings is 1. The van der Waals surface area contributed by atoms with Crippen LogP contribution >= 0.6 is 0 Å². The van der Waals surface area contributed by atoms with E-state index < -0.39 is 17.5 Å². The van der Waals surface area contributed by atoms with Crippen molar-refractivity contribution < 1.29 is 23.6 Å². The molecule has 10 nitrogen and oxygen atoms in total. The monoisotopic (exact) mass is 627 g/mol. The Kier molecular flexibility index (Phi) is 12.5. The maximum atomic E-state index is 14.1. The largest absolute Gasteiger partial charge is 0.467 e. The number of carbonyl (C=O) groups is 4. The van der Waals surface area contributed by atoms with Gasteiger partial charge < -0.3 is 24.4 Å². The van der Waals surface area contributed by atoms with Gasteiger partial charge in [-0.1, -0.05) is 47.1 Å². The highest BCUT2D eigenvalue weighted by molar-refractivity contribution is 5.97. The Morgan fingerprint density at radius 3 is 2.27 bits per heavy atom. The summed E-state index contributed by atoms with van der Waals surface area (Å²) in [5.74, 6) is 0.0850. The number of hydrogen-bond acceptors (Lipinski definition) is 6. The van der Waals surface area contributed by atoms with Gasteiger partial charge in [-0.3, -0.25) is 24.1 Å². The lowest BCUT2D eigenvalue weighted by atomic mass is 9.84. The summed E-state index contributed by atoms with van der Waals surface area (Å²) in [5, 5.41) is 3.13. The molecule has 1 aromatic rings. The van der Waals surface area contributed by atoms with Gasteiger partial charge in [0, 0.05) is 32.3 Å². The van der Waals surface area contributed by atoms with Gasteiger partial charge in [0.25, 0.3) is 0 Å². The van der Waals surface area contributed by atoms with Crippen molar-refractivity contribution in [2.45, 2.75) is 124 Å². The van der Waals surface area contributed by atoms with Gasteiger partial charge in [-0.05, 0) is 76.5 Å². The van der Waals surface area contributed by atoms with Gasteiger partial charge >= 0.3 is 0 Å². The number of hydrogen-bond donors (Lipinski definition) is 1. The molecule has 1 N–H and O–H groups in total. The molecule has 0 saturated carbocycles. The third-order valence-corrected chi connectivity index (χ3v) is 9.29. The van der Waals surface area contributed by atoms with Crippen molar-refractivity contribution in [1.29, 1.82) is 0 Å². The summed E-state index contributed by atoms with van der Waals surface area (Å²) in [6, 6.07) is 1.94. The second kappa shape index (κ2) is 15.4. The maximum absolute atomic E-state index is 14.1. The zero-order valence-electron chi connectivity index (χ0n) is 29.3. The van der Waals surface area contributed by atoms with Crippen molar-refractivity contribution in [3.05, 3.63) is 35.8 Å². The lowest BCUT2D eigenvalue weighted by Crippen LogP contribution is -2.60. The Morgan fingerprint density at radius 1 is 1.02 bits per heavy atom. The fourth-order valence-electron chi connectivity index (χ4n) is 6.63. The first kappa shape index (κ1) is 36.3. The topological polar surface area (TPSA) is 106 Å².